The van der Waals surface area contributed by atoms with Crippen LogP contribution in [0.4, 0.5) is 0 Å². The van der Waals surface area contributed by atoms with E-state index in [1.165, 1.54) is 128 Å². The predicted octanol–water partition coefficient (Wildman–Crippen LogP) is 14.4. The molecule has 0 rings (SSSR count). The van der Waals surface area contributed by atoms with Gasteiger partial charge in [-0.1, -0.05) is 208 Å². The van der Waals surface area contributed by atoms with E-state index < -0.39 is 6.10 Å². The fourth-order valence-electron chi connectivity index (χ4n) is 6.88. The summed E-state index contributed by atoms with van der Waals surface area (Å²) in [5, 5.41) is 0. The van der Waals surface area contributed by atoms with E-state index in [0.717, 1.165) is 75.5 Å². The summed E-state index contributed by atoms with van der Waals surface area (Å²) in [7, 11) is 0. The lowest BCUT2D eigenvalue weighted by molar-refractivity contribution is -0.167. The molecule has 0 saturated heterocycles. The summed E-state index contributed by atoms with van der Waals surface area (Å²) in [6.07, 6.45) is 35.3. The second-order valence-corrected chi connectivity index (χ2v) is 17.5. The summed E-state index contributed by atoms with van der Waals surface area (Å²) in [4.78, 5) is 37.7. The van der Waals surface area contributed by atoms with Crippen molar-refractivity contribution < 1.29 is 28.6 Å². The monoisotopic (exact) mass is 751 g/mol. The molecule has 0 aromatic carbocycles. The van der Waals surface area contributed by atoms with Gasteiger partial charge in [0.05, 0.1) is 0 Å². The smallest absolute Gasteiger partial charge is 0.306 e. The Morgan fingerprint density at radius 3 is 0.811 bits per heavy atom. The molecule has 0 fully saturated rings. The lowest BCUT2D eigenvalue weighted by atomic mass is 10.0. The van der Waals surface area contributed by atoms with Gasteiger partial charge in [-0.25, -0.2) is 0 Å². The summed E-state index contributed by atoms with van der Waals surface area (Å²) in [6, 6.07) is 0. The zero-order valence-electron chi connectivity index (χ0n) is 36.3. The maximum atomic E-state index is 12.7. The summed E-state index contributed by atoms with van der Waals surface area (Å²) in [6.45, 7) is 13.6. The van der Waals surface area contributed by atoms with Gasteiger partial charge < -0.3 is 14.2 Å². The molecule has 53 heavy (non-hydrogen) atoms. The van der Waals surface area contributed by atoms with Gasteiger partial charge in [0.25, 0.3) is 0 Å². The number of hydrogen-bond donors (Lipinski definition) is 0. The Labute approximate surface area is 329 Å². The number of hydrogen-bond acceptors (Lipinski definition) is 6. The van der Waals surface area contributed by atoms with Gasteiger partial charge in [0.2, 0.25) is 0 Å². The molecule has 0 aliphatic carbocycles. The lowest BCUT2D eigenvalue weighted by Gasteiger charge is -2.18. The van der Waals surface area contributed by atoms with Crippen LogP contribution in [-0.2, 0) is 28.6 Å². The van der Waals surface area contributed by atoms with Crippen LogP contribution in [0.5, 0.6) is 0 Å². The lowest BCUT2D eigenvalue weighted by Crippen LogP contribution is -2.30. The minimum Gasteiger partial charge on any atom is -0.462 e. The number of carbonyl (C=O) groups is 3. The van der Waals surface area contributed by atoms with Crippen LogP contribution in [0.1, 0.15) is 247 Å². The standard InChI is InChI=1S/C47H90O6/c1-41(2)33-27-21-15-10-8-7-9-11-19-26-32-38-47(50)53-44(40-52-46(49)37-31-25-20-14-17-23-29-35-43(5)6)39-51-45(48)36-30-24-18-13-12-16-22-28-34-42(3)4/h41-44H,7-40H2,1-6H3/t44-/m1/s1. The van der Waals surface area contributed by atoms with Gasteiger partial charge in [-0.05, 0) is 37.0 Å². The van der Waals surface area contributed by atoms with E-state index in [1.54, 1.807) is 0 Å². The molecule has 0 N–H and O–H groups in total. The minimum atomic E-state index is -0.762. The molecular formula is C47H90O6. The molecule has 0 unspecified atom stereocenters. The average Bonchev–Trinajstić information content (AvgIpc) is 3.11. The molecule has 0 bridgehead atoms. The summed E-state index contributed by atoms with van der Waals surface area (Å²) >= 11 is 0. The fraction of sp³-hybridized carbons (Fsp3) is 0.936. The second-order valence-electron chi connectivity index (χ2n) is 17.5. The van der Waals surface area contributed by atoms with Crippen molar-refractivity contribution in [3.05, 3.63) is 0 Å². The number of carbonyl (C=O) groups excluding carboxylic acids is 3. The van der Waals surface area contributed by atoms with E-state index in [2.05, 4.69) is 41.5 Å². The van der Waals surface area contributed by atoms with Gasteiger partial charge in [-0.3, -0.25) is 14.4 Å². The molecule has 1 atom stereocenters. The topological polar surface area (TPSA) is 78.9 Å². The molecule has 0 aliphatic heterocycles. The third-order valence-electron chi connectivity index (χ3n) is 10.4. The minimum absolute atomic E-state index is 0.0667. The third kappa shape index (κ3) is 41.4. The molecule has 0 heterocycles. The van der Waals surface area contributed by atoms with Crippen molar-refractivity contribution >= 4 is 17.9 Å². The van der Waals surface area contributed by atoms with Gasteiger partial charge >= 0.3 is 17.9 Å². The van der Waals surface area contributed by atoms with E-state index >= 15 is 0 Å². The van der Waals surface area contributed by atoms with Crippen LogP contribution in [0.25, 0.3) is 0 Å². The van der Waals surface area contributed by atoms with Crippen LogP contribution in [0, 0.1) is 17.8 Å². The highest BCUT2D eigenvalue weighted by Crippen LogP contribution is 2.17. The molecule has 0 aromatic heterocycles. The van der Waals surface area contributed by atoms with E-state index in [0.29, 0.717) is 19.3 Å². The highest BCUT2D eigenvalue weighted by Gasteiger charge is 2.19. The van der Waals surface area contributed by atoms with Crippen molar-refractivity contribution in [2.75, 3.05) is 13.2 Å². The second kappa shape index (κ2) is 38.7. The van der Waals surface area contributed by atoms with Crippen molar-refractivity contribution in [1.82, 2.24) is 0 Å². The maximum absolute atomic E-state index is 12.7. The molecule has 0 aromatic rings. The van der Waals surface area contributed by atoms with Gasteiger partial charge in [-0.2, -0.15) is 0 Å². The molecule has 0 saturated carbocycles. The first-order valence-corrected chi connectivity index (χ1v) is 23.1. The quantitative estimate of drug-likeness (QED) is 0.0352. The fourth-order valence-corrected chi connectivity index (χ4v) is 6.88. The highest BCUT2D eigenvalue weighted by molar-refractivity contribution is 5.71. The van der Waals surface area contributed by atoms with Crippen LogP contribution in [0.15, 0.2) is 0 Å². The van der Waals surface area contributed by atoms with Crippen LogP contribution in [0.3, 0.4) is 0 Å². The Balaban J connectivity index is 4.34. The van der Waals surface area contributed by atoms with Crippen LogP contribution < -0.4 is 0 Å². The van der Waals surface area contributed by atoms with Crippen molar-refractivity contribution in [2.45, 2.75) is 253 Å². The average molecular weight is 751 g/mol. The molecule has 314 valence electrons. The Kier molecular flexibility index (Phi) is 37.5. The van der Waals surface area contributed by atoms with E-state index in [-0.39, 0.29) is 31.1 Å². The van der Waals surface area contributed by atoms with Crippen molar-refractivity contribution in [3.8, 4) is 0 Å². The number of unbranched alkanes of at least 4 members (excludes halogenated alkanes) is 23. The molecule has 0 spiro atoms. The normalized spacial score (nSPS) is 12.2. The SMILES string of the molecule is CC(C)CCCCCCCCCCCCCC(=O)O[C@H](COC(=O)CCCCCCCCCCC(C)C)COC(=O)CCCCCCCCCC(C)C. The Morgan fingerprint density at radius 1 is 0.321 bits per heavy atom. The first-order valence-electron chi connectivity index (χ1n) is 23.1. The summed E-state index contributed by atoms with van der Waals surface area (Å²) < 4.78 is 16.7. The molecule has 0 amide bonds. The number of rotatable bonds is 40. The van der Waals surface area contributed by atoms with Crippen LogP contribution >= 0.6 is 0 Å². The van der Waals surface area contributed by atoms with Crippen molar-refractivity contribution in [2.24, 2.45) is 17.8 Å². The number of esters is 3. The van der Waals surface area contributed by atoms with E-state index in [4.69, 9.17) is 14.2 Å². The Bertz CT molecular complexity index is 822. The largest absolute Gasteiger partial charge is 0.462 e. The number of ether oxygens (including phenoxy) is 3. The van der Waals surface area contributed by atoms with Crippen LogP contribution in [0.2, 0.25) is 0 Å². The van der Waals surface area contributed by atoms with Crippen molar-refractivity contribution in [3.63, 3.8) is 0 Å². The first-order chi connectivity index (χ1) is 25.6. The zero-order chi connectivity index (χ0) is 39.2. The van der Waals surface area contributed by atoms with Gasteiger partial charge in [0.15, 0.2) is 6.10 Å². The van der Waals surface area contributed by atoms with Gasteiger partial charge in [0, 0.05) is 19.3 Å². The van der Waals surface area contributed by atoms with E-state index in [1.807, 2.05) is 0 Å². The molecular weight excluding hydrogens is 661 g/mol. The molecule has 0 aliphatic rings. The van der Waals surface area contributed by atoms with E-state index in [9.17, 15) is 14.4 Å². The van der Waals surface area contributed by atoms with Gasteiger partial charge in [0.1, 0.15) is 13.2 Å². The Hall–Kier alpha value is -1.59. The van der Waals surface area contributed by atoms with Crippen molar-refractivity contribution in [1.29, 1.82) is 0 Å². The molecule has 0 radical (unpaired) electrons. The molecule has 6 heteroatoms. The maximum Gasteiger partial charge on any atom is 0.306 e. The van der Waals surface area contributed by atoms with Gasteiger partial charge in [-0.15, -0.1) is 0 Å². The summed E-state index contributed by atoms with van der Waals surface area (Å²) in [5.74, 6) is 1.54. The molecule has 6 nitrogen and oxygen atoms in total. The Morgan fingerprint density at radius 2 is 0.547 bits per heavy atom. The summed E-state index contributed by atoms with van der Waals surface area (Å²) in [5.41, 5.74) is 0. The third-order valence-corrected chi connectivity index (χ3v) is 10.4. The van der Waals surface area contributed by atoms with Crippen LogP contribution in [-0.4, -0.2) is 37.2 Å². The predicted molar refractivity (Wildman–Crippen MR) is 224 cm³/mol. The highest BCUT2D eigenvalue weighted by atomic mass is 16.6. The first kappa shape index (κ1) is 51.4. The zero-order valence-corrected chi connectivity index (χ0v) is 36.3.